The number of nitrogens with one attached hydrogen (secondary N) is 2. The molecule has 1 amide bonds. The van der Waals surface area contributed by atoms with Gasteiger partial charge in [-0.3, -0.25) is 14.9 Å². The third-order valence-corrected chi connectivity index (χ3v) is 3.51. The quantitative estimate of drug-likeness (QED) is 0.626. The molecule has 126 valence electrons. The van der Waals surface area contributed by atoms with Crippen LogP contribution in [-0.2, 0) is 4.79 Å². The summed E-state index contributed by atoms with van der Waals surface area (Å²) in [6, 6.07) is 10.2. The monoisotopic (exact) mass is 329 g/mol. The number of nitrogens with zero attached hydrogens (tertiary/aromatic N) is 1. The molecule has 0 aliphatic heterocycles. The van der Waals surface area contributed by atoms with E-state index in [1.807, 2.05) is 32.0 Å². The Bertz CT molecular complexity index is 774. The summed E-state index contributed by atoms with van der Waals surface area (Å²) in [4.78, 5) is 22.6. The maximum Gasteiger partial charge on any atom is 0.296 e. The number of carbonyl (C=O) groups is 1. The normalized spacial score (nSPS) is 10.1. The molecule has 0 saturated carbocycles. The van der Waals surface area contributed by atoms with Crippen molar-refractivity contribution in [2.75, 3.05) is 24.3 Å². The molecule has 0 bridgehead atoms. The summed E-state index contributed by atoms with van der Waals surface area (Å²) < 4.78 is 4.97. The van der Waals surface area contributed by atoms with Crippen molar-refractivity contribution in [2.24, 2.45) is 0 Å². The summed E-state index contributed by atoms with van der Waals surface area (Å²) in [5.41, 5.74) is 2.87. The van der Waals surface area contributed by atoms with Crippen molar-refractivity contribution in [1.82, 2.24) is 0 Å². The van der Waals surface area contributed by atoms with Crippen LogP contribution >= 0.6 is 0 Å². The van der Waals surface area contributed by atoms with E-state index >= 15 is 0 Å². The minimum absolute atomic E-state index is 0.00742. The average molecular weight is 329 g/mol. The minimum atomic E-state index is -0.559. The standard InChI is InChI=1S/C17H19N3O4/c1-11-4-5-12(2)15(8-11)18-10-17(21)19-14-7-6-13(24-3)9-16(14)20(22)23/h4-9,18H,10H2,1-3H3,(H,19,21). The minimum Gasteiger partial charge on any atom is -0.496 e. The predicted octanol–water partition coefficient (Wildman–Crippen LogP) is 3.27. The molecule has 7 heteroatoms. The zero-order valence-corrected chi connectivity index (χ0v) is 13.8. The maximum atomic E-state index is 12.1. The first-order valence-electron chi connectivity index (χ1n) is 7.34. The number of carbonyl (C=O) groups excluding carboxylic acids is 1. The summed E-state index contributed by atoms with van der Waals surface area (Å²) in [6.45, 7) is 3.91. The molecule has 0 aliphatic rings. The van der Waals surface area contributed by atoms with E-state index < -0.39 is 4.92 Å². The second-order valence-electron chi connectivity index (χ2n) is 5.36. The van der Waals surface area contributed by atoms with Crippen LogP contribution in [-0.4, -0.2) is 24.5 Å². The molecule has 0 saturated heterocycles. The molecule has 0 fully saturated rings. The van der Waals surface area contributed by atoms with E-state index in [0.29, 0.717) is 5.75 Å². The zero-order chi connectivity index (χ0) is 17.7. The van der Waals surface area contributed by atoms with Gasteiger partial charge in [-0.05, 0) is 43.2 Å². The van der Waals surface area contributed by atoms with Gasteiger partial charge in [-0.1, -0.05) is 12.1 Å². The lowest BCUT2D eigenvalue weighted by Crippen LogP contribution is -2.22. The molecular formula is C17H19N3O4. The summed E-state index contributed by atoms with van der Waals surface area (Å²) in [5, 5.41) is 16.7. The Kier molecular flexibility index (Phi) is 5.36. The Morgan fingerprint density at radius 1 is 1.17 bits per heavy atom. The number of nitro groups is 1. The fourth-order valence-electron chi connectivity index (χ4n) is 2.19. The molecule has 2 aromatic rings. The van der Waals surface area contributed by atoms with Crippen molar-refractivity contribution in [3.63, 3.8) is 0 Å². The van der Waals surface area contributed by atoms with Crippen LogP contribution in [0.4, 0.5) is 17.1 Å². The number of hydrogen-bond acceptors (Lipinski definition) is 5. The molecule has 2 rings (SSSR count). The van der Waals surface area contributed by atoms with Crippen LogP contribution in [0.5, 0.6) is 5.75 Å². The summed E-state index contributed by atoms with van der Waals surface area (Å²) in [5.74, 6) is -0.0163. The molecule has 0 radical (unpaired) electrons. The molecule has 24 heavy (non-hydrogen) atoms. The van der Waals surface area contributed by atoms with Gasteiger partial charge in [-0.25, -0.2) is 0 Å². The number of benzene rings is 2. The fraction of sp³-hybridized carbons (Fsp3) is 0.235. The van der Waals surface area contributed by atoms with Crippen LogP contribution in [0.2, 0.25) is 0 Å². The highest BCUT2D eigenvalue weighted by molar-refractivity contribution is 5.96. The summed E-state index contributed by atoms with van der Waals surface area (Å²) >= 11 is 0. The molecule has 2 N–H and O–H groups in total. The molecule has 0 unspecified atom stereocenters. The summed E-state index contributed by atoms with van der Waals surface area (Å²) in [6.07, 6.45) is 0. The number of ether oxygens (including phenoxy) is 1. The van der Waals surface area contributed by atoms with Gasteiger partial charge in [0.25, 0.3) is 5.69 Å². The Labute approximate surface area is 139 Å². The second-order valence-corrected chi connectivity index (χ2v) is 5.36. The Hall–Kier alpha value is -3.09. The molecule has 2 aromatic carbocycles. The van der Waals surface area contributed by atoms with Gasteiger partial charge >= 0.3 is 0 Å². The molecule has 0 atom stereocenters. The molecular weight excluding hydrogens is 310 g/mol. The average Bonchev–Trinajstić information content (AvgIpc) is 2.55. The Morgan fingerprint density at radius 3 is 2.58 bits per heavy atom. The van der Waals surface area contributed by atoms with Gasteiger partial charge in [-0.15, -0.1) is 0 Å². The number of hydrogen-bond donors (Lipinski definition) is 2. The van der Waals surface area contributed by atoms with Crippen molar-refractivity contribution < 1.29 is 14.5 Å². The van der Waals surface area contributed by atoms with Gasteiger partial charge in [0, 0.05) is 5.69 Å². The van der Waals surface area contributed by atoms with E-state index in [4.69, 9.17) is 4.74 Å². The number of nitro benzene ring substituents is 1. The van der Waals surface area contributed by atoms with Gasteiger partial charge in [0.05, 0.1) is 24.6 Å². The maximum absolute atomic E-state index is 12.1. The lowest BCUT2D eigenvalue weighted by Gasteiger charge is -2.11. The predicted molar refractivity (Wildman–Crippen MR) is 92.7 cm³/mol. The van der Waals surface area contributed by atoms with Crippen LogP contribution in [0.1, 0.15) is 11.1 Å². The highest BCUT2D eigenvalue weighted by Gasteiger charge is 2.17. The van der Waals surface area contributed by atoms with E-state index in [1.54, 1.807) is 6.07 Å². The number of rotatable bonds is 6. The lowest BCUT2D eigenvalue weighted by atomic mass is 10.1. The fourth-order valence-corrected chi connectivity index (χ4v) is 2.19. The molecule has 0 spiro atoms. The lowest BCUT2D eigenvalue weighted by molar-refractivity contribution is -0.384. The van der Waals surface area contributed by atoms with E-state index in [-0.39, 0.29) is 23.8 Å². The van der Waals surface area contributed by atoms with Crippen LogP contribution < -0.4 is 15.4 Å². The van der Waals surface area contributed by atoms with E-state index in [9.17, 15) is 14.9 Å². The van der Waals surface area contributed by atoms with Gasteiger partial charge in [0.15, 0.2) is 0 Å². The number of amides is 1. The smallest absolute Gasteiger partial charge is 0.296 e. The largest absolute Gasteiger partial charge is 0.496 e. The highest BCUT2D eigenvalue weighted by atomic mass is 16.6. The second kappa shape index (κ2) is 7.45. The summed E-state index contributed by atoms with van der Waals surface area (Å²) in [7, 11) is 1.42. The van der Waals surface area contributed by atoms with Crippen molar-refractivity contribution in [3.05, 3.63) is 57.6 Å². The zero-order valence-electron chi connectivity index (χ0n) is 13.8. The molecule has 0 aliphatic carbocycles. The highest BCUT2D eigenvalue weighted by Crippen LogP contribution is 2.28. The van der Waals surface area contributed by atoms with Crippen molar-refractivity contribution in [2.45, 2.75) is 13.8 Å². The van der Waals surface area contributed by atoms with E-state index in [0.717, 1.165) is 16.8 Å². The van der Waals surface area contributed by atoms with Crippen molar-refractivity contribution >= 4 is 23.0 Å². The van der Waals surface area contributed by atoms with Gasteiger partial charge in [0.1, 0.15) is 11.4 Å². The third kappa shape index (κ3) is 4.22. The Morgan fingerprint density at radius 2 is 1.92 bits per heavy atom. The van der Waals surface area contributed by atoms with Crippen molar-refractivity contribution in [1.29, 1.82) is 0 Å². The topological polar surface area (TPSA) is 93.5 Å². The Balaban J connectivity index is 2.07. The van der Waals surface area contributed by atoms with Gasteiger partial charge in [-0.2, -0.15) is 0 Å². The molecule has 0 aromatic heterocycles. The first kappa shape index (κ1) is 17.3. The first-order chi connectivity index (χ1) is 11.4. The van der Waals surface area contributed by atoms with Crippen LogP contribution in [0.15, 0.2) is 36.4 Å². The van der Waals surface area contributed by atoms with Crippen LogP contribution in [0.3, 0.4) is 0 Å². The first-order valence-corrected chi connectivity index (χ1v) is 7.34. The molecule has 7 nitrogen and oxygen atoms in total. The van der Waals surface area contributed by atoms with E-state index in [2.05, 4.69) is 10.6 Å². The molecule has 0 heterocycles. The van der Waals surface area contributed by atoms with Crippen LogP contribution in [0.25, 0.3) is 0 Å². The third-order valence-electron chi connectivity index (χ3n) is 3.51. The number of anilines is 2. The van der Waals surface area contributed by atoms with Gasteiger partial charge < -0.3 is 15.4 Å². The van der Waals surface area contributed by atoms with Gasteiger partial charge in [0.2, 0.25) is 5.91 Å². The number of aryl methyl sites for hydroxylation is 2. The SMILES string of the molecule is COc1ccc(NC(=O)CNc2cc(C)ccc2C)c([N+](=O)[O-])c1. The van der Waals surface area contributed by atoms with Crippen LogP contribution in [0, 0.1) is 24.0 Å². The van der Waals surface area contributed by atoms with Crippen molar-refractivity contribution in [3.8, 4) is 5.75 Å². The van der Waals surface area contributed by atoms with E-state index in [1.165, 1.54) is 19.2 Å². The number of methoxy groups -OCH3 is 1.